The van der Waals surface area contributed by atoms with E-state index in [1.54, 1.807) is 0 Å². The van der Waals surface area contributed by atoms with Crippen LogP contribution in [0.5, 0.6) is 11.5 Å². The summed E-state index contributed by atoms with van der Waals surface area (Å²) in [6.45, 7) is 7.99. The molecule has 0 aliphatic rings. The third-order valence-electron chi connectivity index (χ3n) is 7.60. The van der Waals surface area contributed by atoms with Crippen molar-refractivity contribution in [2.45, 2.75) is 78.0 Å². The number of nitrogens with zero attached hydrogens (tertiary/aromatic N) is 1. The lowest BCUT2D eigenvalue weighted by atomic mass is 10.0. The van der Waals surface area contributed by atoms with Crippen LogP contribution in [0.4, 0.5) is 4.79 Å². The molecule has 0 saturated carbocycles. The fourth-order valence-corrected chi connectivity index (χ4v) is 5.16. The summed E-state index contributed by atoms with van der Waals surface area (Å²) in [6.07, 6.45) is 1.53. The maximum absolute atomic E-state index is 13.2. The quantitative estimate of drug-likeness (QED) is 0.0912. The van der Waals surface area contributed by atoms with Crippen molar-refractivity contribution in [1.82, 2.24) is 10.2 Å². The summed E-state index contributed by atoms with van der Waals surface area (Å²) < 4.78 is 22.6. The molecule has 48 heavy (non-hydrogen) atoms. The average molecular weight is 653 g/mol. The number of unbranched alkanes of at least 4 members (excludes halogenated alkanes) is 1. The Morgan fingerprint density at radius 3 is 1.58 bits per heavy atom. The van der Waals surface area contributed by atoms with Crippen LogP contribution in [0.15, 0.2) is 109 Å². The minimum absolute atomic E-state index is 0.291. The topological polar surface area (TPSA) is 86.3 Å². The van der Waals surface area contributed by atoms with E-state index in [0.717, 1.165) is 33.8 Å². The zero-order valence-electron chi connectivity index (χ0n) is 28.5. The third kappa shape index (κ3) is 12.8. The fourth-order valence-electron chi connectivity index (χ4n) is 5.16. The highest BCUT2D eigenvalue weighted by molar-refractivity contribution is 5.75. The van der Waals surface area contributed by atoms with Gasteiger partial charge in [-0.25, -0.2) is 4.79 Å². The first-order valence-electron chi connectivity index (χ1n) is 16.5. The summed E-state index contributed by atoms with van der Waals surface area (Å²) in [5.74, 6) is 1.27. The minimum Gasteiger partial charge on any atom is -0.489 e. The van der Waals surface area contributed by atoms with Gasteiger partial charge >= 0.3 is 12.1 Å². The summed E-state index contributed by atoms with van der Waals surface area (Å²) in [5.41, 5.74) is 3.74. The molecule has 4 aromatic carbocycles. The van der Waals surface area contributed by atoms with Crippen LogP contribution < -0.4 is 14.8 Å². The van der Waals surface area contributed by atoms with Gasteiger partial charge in [0.15, 0.2) is 0 Å². The molecule has 0 bridgehead atoms. The Morgan fingerprint density at radius 2 is 1.15 bits per heavy atom. The molecule has 0 aliphatic heterocycles. The fraction of sp³-hybridized carbons (Fsp3) is 0.350. The number of alkyl carbamates (subject to hydrolysis) is 1. The minimum atomic E-state index is -0.557. The number of nitrogens with one attached hydrogen (secondary N) is 1. The van der Waals surface area contributed by atoms with Crippen LogP contribution >= 0.6 is 0 Å². The van der Waals surface area contributed by atoms with Crippen LogP contribution in [-0.2, 0) is 40.6 Å². The summed E-state index contributed by atoms with van der Waals surface area (Å²) in [5, 5.41) is 2.80. The van der Waals surface area contributed by atoms with Gasteiger partial charge in [-0.2, -0.15) is 0 Å². The lowest BCUT2D eigenvalue weighted by Crippen LogP contribution is -2.41. The maximum atomic E-state index is 13.2. The Hall–Kier alpha value is -4.82. The van der Waals surface area contributed by atoms with Gasteiger partial charge in [-0.3, -0.25) is 9.69 Å². The number of carbonyl (C=O) groups is 2. The van der Waals surface area contributed by atoms with Gasteiger partial charge in [0.1, 0.15) is 36.4 Å². The van der Waals surface area contributed by atoms with Crippen molar-refractivity contribution in [3.05, 3.63) is 131 Å². The molecule has 4 aromatic rings. The van der Waals surface area contributed by atoms with Gasteiger partial charge in [-0.15, -0.1) is 0 Å². The molecule has 0 aliphatic carbocycles. The molecule has 0 unspecified atom stereocenters. The Morgan fingerprint density at radius 1 is 0.667 bits per heavy atom. The predicted octanol–water partition coefficient (Wildman–Crippen LogP) is 8.08. The van der Waals surface area contributed by atoms with Crippen molar-refractivity contribution in [1.29, 1.82) is 0 Å². The number of ether oxygens (including phenoxy) is 4. The zero-order valence-corrected chi connectivity index (χ0v) is 28.5. The number of hydrogen-bond donors (Lipinski definition) is 1. The predicted molar refractivity (Wildman–Crippen MR) is 188 cm³/mol. The second kappa shape index (κ2) is 18.5. The van der Waals surface area contributed by atoms with Gasteiger partial charge in [0, 0.05) is 19.6 Å². The van der Waals surface area contributed by atoms with Gasteiger partial charge < -0.3 is 24.3 Å². The van der Waals surface area contributed by atoms with Crippen LogP contribution in [0.1, 0.15) is 62.3 Å². The molecule has 1 atom stereocenters. The Balaban J connectivity index is 1.43. The SMILES string of the molecule is COC(=O)[C@H](CCCCNC(=O)OC(C)(C)C)N(Cc1ccc(OCc2ccccc2)cc1)Cc1ccc(OCc2ccccc2)cc1. The number of methoxy groups -OCH3 is 1. The maximum Gasteiger partial charge on any atom is 0.407 e. The summed E-state index contributed by atoms with van der Waals surface area (Å²) in [7, 11) is 1.43. The summed E-state index contributed by atoms with van der Waals surface area (Å²) in [6, 6.07) is 35.6. The molecule has 0 radical (unpaired) electrons. The smallest absolute Gasteiger partial charge is 0.407 e. The van der Waals surface area contributed by atoms with E-state index in [1.165, 1.54) is 7.11 Å². The molecule has 0 fully saturated rings. The molecule has 8 heteroatoms. The van der Waals surface area contributed by atoms with Crippen LogP contribution in [0.2, 0.25) is 0 Å². The first-order valence-corrected chi connectivity index (χ1v) is 16.5. The van der Waals surface area contributed by atoms with Gasteiger partial charge in [0.25, 0.3) is 0 Å². The van der Waals surface area contributed by atoms with Crippen molar-refractivity contribution in [2.24, 2.45) is 0 Å². The van der Waals surface area contributed by atoms with E-state index >= 15 is 0 Å². The second-order valence-corrected chi connectivity index (χ2v) is 12.7. The molecule has 1 amide bonds. The monoisotopic (exact) mass is 652 g/mol. The van der Waals surface area contributed by atoms with E-state index < -0.39 is 17.7 Å². The number of rotatable bonds is 17. The highest BCUT2D eigenvalue weighted by Crippen LogP contribution is 2.23. The molecule has 0 spiro atoms. The van der Waals surface area contributed by atoms with E-state index in [0.29, 0.717) is 52.1 Å². The van der Waals surface area contributed by atoms with E-state index in [9.17, 15) is 9.59 Å². The van der Waals surface area contributed by atoms with Crippen molar-refractivity contribution < 1.29 is 28.5 Å². The first kappa shape index (κ1) is 36.0. The molecule has 0 aromatic heterocycles. The zero-order chi connectivity index (χ0) is 34.2. The standard InChI is InChI=1S/C40H48N2O6/c1-40(2,3)48-39(44)41-26-12-11-17-37(38(43)45-4)42(27-31-18-22-35(23-19-31)46-29-33-13-7-5-8-14-33)28-32-20-24-36(25-21-32)47-30-34-15-9-6-10-16-34/h5-10,13-16,18-25,37H,11-12,17,26-30H2,1-4H3,(H,41,44)/t37-/m0/s1. The normalized spacial score (nSPS) is 11.9. The van der Waals surface area contributed by atoms with E-state index in [2.05, 4.69) is 10.2 Å². The highest BCUT2D eigenvalue weighted by Gasteiger charge is 2.27. The van der Waals surface area contributed by atoms with Crippen LogP contribution in [0.3, 0.4) is 0 Å². The van der Waals surface area contributed by atoms with Gasteiger partial charge in [0.2, 0.25) is 0 Å². The van der Waals surface area contributed by atoms with Gasteiger partial charge in [-0.1, -0.05) is 84.9 Å². The van der Waals surface area contributed by atoms with Crippen molar-refractivity contribution >= 4 is 12.1 Å². The number of hydrogen-bond acceptors (Lipinski definition) is 7. The Kier molecular flexibility index (Phi) is 13.9. The first-order chi connectivity index (χ1) is 23.2. The van der Waals surface area contributed by atoms with Crippen molar-refractivity contribution in [3.8, 4) is 11.5 Å². The highest BCUT2D eigenvalue weighted by atomic mass is 16.6. The Bertz CT molecular complexity index is 1430. The molecule has 4 rings (SSSR count). The van der Waals surface area contributed by atoms with Crippen LogP contribution in [-0.4, -0.2) is 42.3 Å². The van der Waals surface area contributed by atoms with Crippen molar-refractivity contribution in [3.63, 3.8) is 0 Å². The van der Waals surface area contributed by atoms with E-state index in [1.807, 2.05) is 130 Å². The van der Waals surface area contributed by atoms with E-state index in [4.69, 9.17) is 18.9 Å². The molecule has 0 saturated heterocycles. The van der Waals surface area contributed by atoms with Crippen LogP contribution in [0.25, 0.3) is 0 Å². The second-order valence-electron chi connectivity index (χ2n) is 12.7. The van der Waals surface area contributed by atoms with E-state index in [-0.39, 0.29) is 5.97 Å². The molecular weight excluding hydrogens is 604 g/mol. The number of esters is 1. The van der Waals surface area contributed by atoms with Gasteiger partial charge in [-0.05, 0) is 86.6 Å². The molecule has 8 nitrogen and oxygen atoms in total. The number of amides is 1. The average Bonchev–Trinajstić information content (AvgIpc) is 3.09. The number of benzene rings is 4. The molecular formula is C40H48N2O6. The largest absolute Gasteiger partial charge is 0.489 e. The summed E-state index contributed by atoms with van der Waals surface area (Å²) in [4.78, 5) is 27.4. The summed E-state index contributed by atoms with van der Waals surface area (Å²) >= 11 is 0. The van der Waals surface area contributed by atoms with Crippen LogP contribution in [0, 0.1) is 0 Å². The lowest BCUT2D eigenvalue weighted by Gasteiger charge is -2.30. The van der Waals surface area contributed by atoms with Crippen molar-refractivity contribution in [2.75, 3.05) is 13.7 Å². The molecule has 254 valence electrons. The molecule has 0 heterocycles. The third-order valence-corrected chi connectivity index (χ3v) is 7.60. The Labute approximate surface area is 285 Å². The lowest BCUT2D eigenvalue weighted by molar-refractivity contribution is -0.148. The number of carbonyl (C=O) groups excluding carboxylic acids is 2. The van der Waals surface area contributed by atoms with Gasteiger partial charge in [0.05, 0.1) is 7.11 Å². The molecule has 1 N–H and O–H groups in total.